The highest BCUT2D eigenvalue weighted by molar-refractivity contribution is 8.00. The lowest BCUT2D eigenvalue weighted by molar-refractivity contribution is -0.127. The molecule has 0 aromatic heterocycles. The van der Waals surface area contributed by atoms with E-state index in [9.17, 15) is 9.59 Å². The summed E-state index contributed by atoms with van der Waals surface area (Å²) < 4.78 is 4.74. The van der Waals surface area contributed by atoms with Crippen LogP contribution in [-0.4, -0.2) is 35.3 Å². The van der Waals surface area contributed by atoms with Crippen LogP contribution in [0.2, 0.25) is 5.02 Å². The van der Waals surface area contributed by atoms with Gasteiger partial charge in [-0.1, -0.05) is 18.5 Å². The van der Waals surface area contributed by atoms with Gasteiger partial charge in [-0.3, -0.25) is 4.79 Å². The molecule has 0 unspecified atom stereocenters. The highest BCUT2D eigenvalue weighted by atomic mass is 35.5. The smallest absolute Gasteiger partial charge is 0.416 e. The summed E-state index contributed by atoms with van der Waals surface area (Å²) >= 11 is 7.40. The third kappa shape index (κ3) is 3.88. The normalized spacial score (nSPS) is 16.3. The number of cyclic esters (lactones) is 1. The van der Waals surface area contributed by atoms with Gasteiger partial charge in [0.2, 0.25) is 5.91 Å². The third-order valence-corrected chi connectivity index (χ3v) is 4.04. The fraction of sp³-hybridized carbons (Fsp3) is 0.385. The molecule has 0 spiro atoms. The summed E-state index contributed by atoms with van der Waals surface area (Å²) in [6.07, 6.45) is -0.226. The molecule has 1 fully saturated rings. The first-order valence-corrected chi connectivity index (χ1v) is 7.21. The first-order chi connectivity index (χ1) is 9.06. The van der Waals surface area contributed by atoms with E-state index in [0.717, 1.165) is 4.90 Å². The van der Waals surface area contributed by atoms with Gasteiger partial charge in [0.05, 0.1) is 6.54 Å². The molecule has 6 heteroatoms. The molecule has 0 bridgehead atoms. The second-order valence-corrected chi connectivity index (χ2v) is 6.19. The maximum atomic E-state index is 11.9. The Morgan fingerprint density at radius 2 is 2.16 bits per heavy atom. The van der Waals surface area contributed by atoms with E-state index < -0.39 is 6.09 Å². The van der Waals surface area contributed by atoms with E-state index >= 15 is 0 Å². The standard InChI is InChI=1S/C13H14ClNO3S/c1-9(19-11-4-2-10(14)3-5-11)8-12(16)15-6-7-18-13(15)17/h2-5,9H,6-8H2,1H3/t9-/m0/s1. The summed E-state index contributed by atoms with van der Waals surface area (Å²) in [5, 5.41) is 0.773. The Balaban J connectivity index is 1.87. The lowest BCUT2D eigenvalue weighted by atomic mass is 10.3. The Hall–Kier alpha value is -1.20. The van der Waals surface area contributed by atoms with Gasteiger partial charge >= 0.3 is 6.09 Å². The van der Waals surface area contributed by atoms with Crippen molar-refractivity contribution < 1.29 is 14.3 Å². The average Bonchev–Trinajstić information content (AvgIpc) is 2.78. The summed E-state index contributed by atoms with van der Waals surface area (Å²) in [5.74, 6) is -0.184. The molecule has 2 amide bonds. The summed E-state index contributed by atoms with van der Waals surface area (Å²) in [6.45, 7) is 2.61. The monoisotopic (exact) mass is 299 g/mol. The fourth-order valence-corrected chi connectivity index (χ4v) is 2.87. The highest BCUT2D eigenvalue weighted by Crippen LogP contribution is 2.27. The number of ether oxygens (including phenoxy) is 1. The van der Waals surface area contributed by atoms with Crippen LogP contribution >= 0.6 is 23.4 Å². The molecule has 2 rings (SSSR count). The Morgan fingerprint density at radius 1 is 1.47 bits per heavy atom. The number of carbonyl (C=O) groups excluding carboxylic acids is 2. The van der Waals surface area contributed by atoms with Crippen molar-refractivity contribution in [2.24, 2.45) is 0 Å². The number of amides is 2. The average molecular weight is 300 g/mol. The number of benzene rings is 1. The summed E-state index contributed by atoms with van der Waals surface area (Å²) in [4.78, 5) is 25.4. The number of nitrogens with zero attached hydrogens (tertiary/aromatic N) is 1. The predicted molar refractivity (Wildman–Crippen MR) is 74.4 cm³/mol. The molecular weight excluding hydrogens is 286 g/mol. The Labute approximate surface area is 121 Å². The Bertz CT molecular complexity index is 477. The number of thioether (sulfide) groups is 1. The van der Waals surface area contributed by atoms with Crippen molar-refractivity contribution in [3.63, 3.8) is 0 Å². The van der Waals surface area contributed by atoms with Crippen molar-refractivity contribution >= 4 is 35.4 Å². The van der Waals surface area contributed by atoms with Crippen LogP contribution in [0.4, 0.5) is 4.79 Å². The topological polar surface area (TPSA) is 46.6 Å². The fourth-order valence-electron chi connectivity index (χ4n) is 1.76. The van der Waals surface area contributed by atoms with E-state index in [2.05, 4.69) is 0 Å². The molecule has 1 atom stereocenters. The number of rotatable bonds is 4. The molecule has 102 valence electrons. The van der Waals surface area contributed by atoms with Gasteiger partial charge in [-0.05, 0) is 24.3 Å². The first kappa shape index (κ1) is 14.2. The van der Waals surface area contributed by atoms with E-state index in [1.54, 1.807) is 11.8 Å². The van der Waals surface area contributed by atoms with Crippen molar-refractivity contribution in [2.75, 3.05) is 13.2 Å². The molecule has 0 radical (unpaired) electrons. The quantitative estimate of drug-likeness (QED) is 0.801. The van der Waals surface area contributed by atoms with Crippen LogP contribution in [0.25, 0.3) is 0 Å². The zero-order valence-corrected chi connectivity index (χ0v) is 12.0. The number of imide groups is 1. The molecule has 1 aliphatic heterocycles. The van der Waals surface area contributed by atoms with Crippen molar-refractivity contribution in [2.45, 2.75) is 23.5 Å². The van der Waals surface area contributed by atoms with Crippen LogP contribution < -0.4 is 0 Å². The summed E-state index contributed by atoms with van der Waals surface area (Å²) in [6, 6.07) is 7.46. The molecule has 19 heavy (non-hydrogen) atoms. The summed E-state index contributed by atoms with van der Waals surface area (Å²) in [5.41, 5.74) is 0. The van der Waals surface area contributed by atoms with Crippen molar-refractivity contribution in [1.82, 2.24) is 4.90 Å². The maximum absolute atomic E-state index is 11.9. The third-order valence-electron chi connectivity index (χ3n) is 2.67. The van der Waals surface area contributed by atoms with Gasteiger partial charge in [0.25, 0.3) is 0 Å². The van der Waals surface area contributed by atoms with Crippen LogP contribution in [0.3, 0.4) is 0 Å². The lowest BCUT2D eigenvalue weighted by Gasteiger charge is -2.14. The molecule has 1 heterocycles. The van der Waals surface area contributed by atoms with Crippen LogP contribution in [0.5, 0.6) is 0 Å². The largest absolute Gasteiger partial charge is 0.447 e. The number of hydrogen-bond acceptors (Lipinski definition) is 4. The minimum atomic E-state index is -0.534. The minimum Gasteiger partial charge on any atom is -0.447 e. The molecule has 1 saturated heterocycles. The van der Waals surface area contributed by atoms with Gasteiger partial charge in [0, 0.05) is 21.6 Å². The van der Waals surface area contributed by atoms with Gasteiger partial charge < -0.3 is 4.74 Å². The zero-order chi connectivity index (χ0) is 13.8. The first-order valence-electron chi connectivity index (χ1n) is 5.95. The SMILES string of the molecule is C[C@@H](CC(=O)N1CCOC1=O)Sc1ccc(Cl)cc1. The number of carbonyl (C=O) groups is 2. The number of hydrogen-bond donors (Lipinski definition) is 0. The van der Waals surface area contributed by atoms with E-state index in [0.29, 0.717) is 24.6 Å². The van der Waals surface area contributed by atoms with Crippen molar-refractivity contribution in [1.29, 1.82) is 0 Å². The Morgan fingerprint density at radius 3 is 2.74 bits per heavy atom. The van der Waals surface area contributed by atoms with Gasteiger partial charge in [-0.25, -0.2) is 9.69 Å². The van der Waals surface area contributed by atoms with Crippen LogP contribution in [0.1, 0.15) is 13.3 Å². The van der Waals surface area contributed by atoms with Gasteiger partial charge in [0.1, 0.15) is 6.61 Å². The molecule has 0 aliphatic carbocycles. The van der Waals surface area contributed by atoms with E-state index in [1.807, 2.05) is 31.2 Å². The van der Waals surface area contributed by atoms with Gasteiger partial charge in [-0.15, -0.1) is 11.8 Å². The predicted octanol–water partition coefficient (Wildman–Crippen LogP) is 3.19. The molecule has 1 aromatic carbocycles. The van der Waals surface area contributed by atoms with Gasteiger partial charge in [0.15, 0.2) is 0 Å². The maximum Gasteiger partial charge on any atom is 0.416 e. The second-order valence-electron chi connectivity index (χ2n) is 4.25. The van der Waals surface area contributed by atoms with E-state index in [1.165, 1.54) is 4.90 Å². The molecule has 1 aromatic rings. The number of halogens is 1. The molecule has 0 N–H and O–H groups in total. The van der Waals surface area contributed by atoms with Crippen molar-refractivity contribution in [3.05, 3.63) is 29.3 Å². The molecule has 1 aliphatic rings. The zero-order valence-electron chi connectivity index (χ0n) is 10.5. The lowest BCUT2D eigenvalue weighted by Crippen LogP contribution is -2.33. The Kier molecular flexibility index (Phi) is 4.71. The van der Waals surface area contributed by atoms with Crippen LogP contribution in [0, 0.1) is 0 Å². The molecular formula is C13H14ClNO3S. The van der Waals surface area contributed by atoms with Crippen LogP contribution in [-0.2, 0) is 9.53 Å². The van der Waals surface area contributed by atoms with Crippen molar-refractivity contribution in [3.8, 4) is 0 Å². The van der Waals surface area contributed by atoms with E-state index in [4.69, 9.17) is 16.3 Å². The second kappa shape index (κ2) is 6.30. The highest BCUT2D eigenvalue weighted by Gasteiger charge is 2.29. The minimum absolute atomic E-state index is 0.0853. The molecule has 4 nitrogen and oxygen atoms in total. The van der Waals surface area contributed by atoms with E-state index in [-0.39, 0.29) is 11.2 Å². The van der Waals surface area contributed by atoms with Crippen LogP contribution in [0.15, 0.2) is 29.2 Å². The van der Waals surface area contributed by atoms with Gasteiger partial charge in [-0.2, -0.15) is 0 Å². The summed E-state index contributed by atoms with van der Waals surface area (Å²) in [7, 11) is 0. The molecule has 0 saturated carbocycles.